The summed E-state index contributed by atoms with van der Waals surface area (Å²) in [5.74, 6) is 1.35. The second kappa shape index (κ2) is 10.3. The number of likely N-dealkylation sites (tertiary alicyclic amines) is 1. The fraction of sp³-hybridized carbons (Fsp3) is 0.696. The molecule has 156 valence electrons. The predicted octanol–water partition coefficient (Wildman–Crippen LogP) is 4.48. The molecule has 0 radical (unpaired) electrons. The standard InChI is InChI=1S/C23H36N2O3/c1-3-28-23(13-6-8-19(2)18-23)22(26)24-20-9-11-21(12-10-20)27-17-7-16-25-14-4-5-15-25/h9-12,19H,3-8,13-18H2,1-2H3,(H,24,26). The maximum atomic E-state index is 13.0. The Balaban J connectivity index is 1.47. The summed E-state index contributed by atoms with van der Waals surface area (Å²) in [7, 11) is 0. The van der Waals surface area contributed by atoms with E-state index < -0.39 is 5.60 Å². The summed E-state index contributed by atoms with van der Waals surface area (Å²) < 4.78 is 11.8. The van der Waals surface area contributed by atoms with Crippen LogP contribution in [0.4, 0.5) is 5.69 Å². The topological polar surface area (TPSA) is 50.8 Å². The number of rotatable bonds is 9. The van der Waals surface area contributed by atoms with Crippen molar-refractivity contribution in [2.45, 2.75) is 64.4 Å². The molecule has 1 heterocycles. The van der Waals surface area contributed by atoms with Crippen molar-refractivity contribution < 1.29 is 14.3 Å². The van der Waals surface area contributed by atoms with Crippen LogP contribution in [0.25, 0.3) is 0 Å². The minimum atomic E-state index is -0.683. The second-order valence-corrected chi connectivity index (χ2v) is 8.36. The van der Waals surface area contributed by atoms with E-state index >= 15 is 0 Å². The zero-order valence-corrected chi connectivity index (χ0v) is 17.5. The first kappa shape index (κ1) is 21.1. The van der Waals surface area contributed by atoms with Crippen molar-refractivity contribution in [2.75, 3.05) is 38.2 Å². The molecule has 2 unspecified atom stereocenters. The second-order valence-electron chi connectivity index (χ2n) is 8.36. The molecule has 0 aromatic heterocycles. The number of hydrogen-bond donors (Lipinski definition) is 1. The molecule has 28 heavy (non-hydrogen) atoms. The van der Waals surface area contributed by atoms with E-state index in [0.717, 1.165) is 50.3 Å². The van der Waals surface area contributed by atoms with Crippen molar-refractivity contribution in [3.63, 3.8) is 0 Å². The predicted molar refractivity (Wildman–Crippen MR) is 113 cm³/mol. The molecule has 5 heteroatoms. The van der Waals surface area contributed by atoms with Crippen LogP contribution in [0.3, 0.4) is 0 Å². The highest BCUT2D eigenvalue weighted by molar-refractivity contribution is 5.97. The van der Waals surface area contributed by atoms with Gasteiger partial charge in [-0.2, -0.15) is 0 Å². The lowest BCUT2D eigenvalue weighted by Gasteiger charge is -2.38. The Morgan fingerprint density at radius 1 is 1.21 bits per heavy atom. The van der Waals surface area contributed by atoms with Gasteiger partial charge in [0.25, 0.3) is 5.91 Å². The Hall–Kier alpha value is -1.59. The summed E-state index contributed by atoms with van der Waals surface area (Å²) in [6.45, 7) is 9.04. The van der Waals surface area contributed by atoms with Crippen LogP contribution >= 0.6 is 0 Å². The lowest BCUT2D eigenvalue weighted by molar-refractivity contribution is -0.147. The van der Waals surface area contributed by atoms with Crippen molar-refractivity contribution in [1.29, 1.82) is 0 Å². The van der Waals surface area contributed by atoms with Crippen LogP contribution in [0.5, 0.6) is 5.75 Å². The number of carbonyl (C=O) groups is 1. The Kier molecular flexibility index (Phi) is 7.74. The lowest BCUT2D eigenvalue weighted by atomic mass is 9.78. The Morgan fingerprint density at radius 3 is 2.64 bits per heavy atom. The molecule has 5 nitrogen and oxygen atoms in total. The number of ether oxygens (including phenoxy) is 2. The molecule has 1 aliphatic carbocycles. The van der Waals surface area contributed by atoms with E-state index in [1.807, 2.05) is 31.2 Å². The maximum absolute atomic E-state index is 13.0. The number of amides is 1. The van der Waals surface area contributed by atoms with E-state index in [0.29, 0.717) is 12.5 Å². The molecule has 0 spiro atoms. The molecular weight excluding hydrogens is 352 g/mol. The normalized spacial score (nSPS) is 25.6. The molecule has 0 bridgehead atoms. The number of benzene rings is 1. The molecule has 1 amide bonds. The van der Waals surface area contributed by atoms with Crippen LogP contribution in [0.15, 0.2) is 24.3 Å². The van der Waals surface area contributed by atoms with Crippen molar-refractivity contribution in [2.24, 2.45) is 5.92 Å². The molecule has 1 saturated heterocycles. The van der Waals surface area contributed by atoms with Gasteiger partial charge in [-0.05, 0) is 88.7 Å². The highest BCUT2D eigenvalue weighted by atomic mass is 16.5. The third kappa shape index (κ3) is 5.71. The van der Waals surface area contributed by atoms with Gasteiger partial charge in [0.15, 0.2) is 0 Å². The quantitative estimate of drug-likeness (QED) is 0.634. The van der Waals surface area contributed by atoms with Crippen molar-refractivity contribution in [1.82, 2.24) is 4.90 Å². The highest BCUT2D eigenvalue weighted by Gasteiger charge is 2.42. The van der Waals surface area contributed by atoms with E-state index in [2.05, 4.69) is 17.1 Å². The minimum absolute atomic E-state index is 0.0137. The third-order valence-electron chi connectivity index (χ3n) is 5.99. The van der Waals surface area contributed by atoms with Gasteiger partial charge >= 0.3 is 0 Å². The van der Waals surface area contributed by atoms with Gasteiger partial charge in [0.05, 0.1) is 6.61 Å². The number of hydrogen-bond acceptors (Lipinski definition) is 4. The van der Waals surface area contributed by atoms with Crippen molar-refractivity contribution in [3.05, 3.63) is 24.3 Å². The van der Waals surface area contributed by atoms with Gasteiger partial charge in [-0.3, -0.25) is 4.79 Å². The van der Waals surface area contributed by atoms with Gasteiger partial charge < -0.3 is 19.7 Å². The van der Waals surface area contributed by atoms with Gasteiger partial charge in [0.2, 0.25) is 0 Å². The highest BCUT2D eigenvalue weighted by Crippen LogP contribution is 2.36. The summed E-state index contributed by atoms with van der Waals surface area (Å²) in [6, 6.07) is 7.70. The molecule has 1 aliphatic heterocycles. The van der Waals surface area contributed by atoms with E-state index in [1.165, 1.54) is 32.4 Å². The van der Waals surface area contributed by atoms with Crippen LogP contribution in [0.1, 0.15) is 58.8 Å². The largest absolute Gasteiger partial charge is 0.494 e. The lowest BCUT2D eigenvalue weighted by Crippen LogP contribution is -2.48. The van der Waals surface area contributed by atoms with E-state index in [1.54, 1.807) is 0 Å². The molecule has 2 aliphatic rings. The molecule has 1 aromatic carbocycles. The summed E-state index contributed by atoms with van der Waals surface area (Å²) >= 11 is 0. The molecule has 1 N–H and O–H groups in total. The Labute approximate surface area is 169 Å². The maximum Gasteiger partial charge on any atom is 0.256 e. The van der Waals surface area contributed by atoms with E-state index in [-0.39, 0.29) is 5.91 Å². The first-order valence-electron chi connectivity index (χ1n) is 11.0. The van der Waals surface area contributed by atoms with Gasteiger partial charge in [0.1, 0.15) is 11.4 Å². The van der Waals surface area contributed by atoms with Crippen LogP contribution in [0.2, 0.25) is 0 Å². The average Bonchev–Trinajstić information content (AvgIpc) is 3.20. The molecule has 2 atom stereocenters. The summed E-state index contributed by atoms with van der Waals surface area (Å²) in [4.78, 5) is 15.5. The van der Waals surface area contributed by atoms with Crippen molar-refractivity contribution in [3.8, 4) is 5.75 Å². The Morgan fingerprint density at radius 2 is 1.96 bits per heavy atom. The smallest absolute Gasteiger partial charge is 0.256 e. The molecule has 3 rings (SSSR count). The van der Waals surface area contributed by atoms with Crippen LogP contribution in [-0.4, -0.2) is 49.3 Å². The third-order valence-corrected chi connectivity index (χ3v) is 5.99. The summed E-state index contributed by atoms with van der Waals surface area (Å²) in [5, 5.41) is 3.06. The van der Waals surface area contributed by atoms with Crippen LogP contribution in [-0.2, 0) is 9.53 Å². The Bertz CT molecular complexity index is 609. The molecule has 1 aromatic rings. The fourth-order valence-electron chi connectivity index (χ4n) is 4.55. The van der Waals surface area contributed by atoms with Crippen molar-refractivity contribution >= 4 is 11.6 Å². The van der Waals surface area contributed by atoms with Gasteiger partial charge in [-0.25, -0.2) is 0 Å². The van der Waals surface area contributed by atoms with Gasteiger partial charge in [0, 0.05) is 18.8 Å². The number of nitrogens with one attached hydrogen (secondary N) is 1. The van der Waals surface area contributed by atoms with E-state index in [9.17, 15) is 4.79 Å². The fourth-order valence-corrected chi connectivity index (χ4v) is 4.55. The summed E-state index contributed by atoms with van der Waals surface area (Å²) in [5.41, 5.74) is 0.115. The minimum Gasteiger partial charge on any atom is -0.494 e. The van der Waals surface area contributed by atoms with Gasteiger partial charge in [-0.15, -0.1) is 0 Å². The van der Waals surface area contributed by atoms with E-state index in [4.69, 9.17) is 9.47 Å². The molecular formula is C23H36N2O3. The molecule has 1 saturated carbocycles. The average molecular weight is 389 g/mol. The number of nitrogens with zero attached hydrogens (tertiary/aromatic N) is 1. The first-order valence-corrected chi connectivity index (χ1v) is 11.0. The summed E-state index contributed by atoms with van der Waals surface area (Å²) in [6.07, 6.45) is 7.52. The molecule has 2 fully saturated rings. The van der Waals surface area contributed by atoms with Gasteiger partial charge in [-0.1, -0.05) is 13.3 Å². The zero-order chi connectivity index (χ0) is 19.8. The first-order chi connectivity index (χ1) is 13.6. The zero-order valence-electron chi connectivity index (χ0n) is 17.5. The van der Waals surface area contributed by atoms with Crippen LogP contribution in [0, 0.1) is 5.92 Å². The monoisotopic (exact) mass is 388 g/mol. The number of carbonyl (C=O) groups excluding carboxylic acids is 1. The van der Waals surface area contributed by atoms with Crippen LogP contribution < -0.4 is 10.1 Å². The SMILES string of the molecule is CCOC1(C(=O)Nc2ccc(OCCCN3CCCC3)cc2)CCCC(C)C1. The number of anilines is 1.